The fourth-order valence-corrected chi connectivity index (χ4v) is 2.24. The lowest BCUT2D eigenvalue weighted by Crippen LogP contribution is -2.36. The summed E-state index contributed by atoms with van der Waals surface area (Å²) < 4.78 is 6.82. The lowest BCUT2D eigenvalue weighted by Gasteiger charge is -2.28. The molecule has 2 aromatic heterocycles. The van der Waals surface area contributed by atoms with Gasteiger partial charge in [-0.25, -0.2) is 14.6 Å². The smallest absolute Gasteiger partial charge is 0.250 e. The third kappa shape index (κ3) is 3.22. The second kappa shape index (κ2) is 6.52. The summed E-state index contributed by atoms with van der Waals surface area (Å²) in [7, 11) is 0. The van der Waals surface area contributed by atoms with Gasteiger partial charge in [-0.3, -0.25) is 4.79 Å². The maximum absolute atomic E-state index is 12.1. The van der Waals surface area contributed by atoms with Gasteiger partial charge in [0.25, 0.3) is 0 Å². The number of amides is 1. The first kappa shape index (κ1) is 14.5. The molecule has 1 fully saturated rings. The molecule has 3 rings (SSSR count). The SMILES string of the molecule is C[C@H](C(=O)Nc1ccc(N2CCOCC2)cn1)n1cncn1. The number of nitrogens with zero attached hydrogens (tertiary/aromatic N) is 5. The van der Waals surface area contributed by atoms with E-state index in [0.717, 1.165) is 32.0 Å². The van der Waals surface area contributed by atoms with E-state index in [4.69, 9.17) is 4.74 Å². The van der Waals surface area contributed by atoms with E-state index in [1.165, 1.54) is 17.3 Å². The molecule has 1 saturated heterocycles. The maximum atomic E-state index is 12.1. The van der Waals surface area contributed by atoms with E-state index >= 15 is 0 Å². The average Bonchev–Trinajstić information content (AvgIpc) is 3.10. The highest BCUT2D eigenvalue weighted by molar-refractivity contribution is 5.92. The Balaban J connectivity index is 1.62. The molecule has 8 nitrogen and oxygen atoms in total. The van der Waals surface area contributed by atoms with Crippen molar-refractivity contribution in [3.8, 4) is 0 Å². The van der Waals surface area contributed by atoms with Gasteiger partial charge in [-0.05, 0) is 19.1 Å². The normalized spacial score (nSPS) is 16.3. The standard InChI is InChI=1S/C14H18N6O2/c1-11(20-10-15-9-17-20)14(21)18-13-3-2-12(8-16-13)19-4-6-22-7-5-19/h2-3,8-11H,4-7H2,1H3,(H,16,18,21)/t11-/m1/s1. The average molecular weight is 302 g/mol. The highest BCUT2D eigenvalue weighted by Gasteiger charge is 2.16. The number of carbonyl (C=O) groups excluding carboxylic acids is 1. The minimum atomic E-state index is -0.441. The van der Waals surface area contributed by atoms with Crippen LogP contribution in [0.5, 0.6) is 0 Å². The van der Waals surface area contributed by atoms with Crippen molar-refractivity contribution >= 4 is 17.4 Å². The van der Waals surface area contributed by atoms with Crippen LogP contribution < -0.4 is 10.2 Å². The highest BCUT2D eigenvalue weighted by Crippen LogP contribution is 2.17. The third-order valence-electron chi connectivity index (χ3n) is 3.59. The lowest BCUT2D eigenvalue weighted by atomic mass is 10.3. The van der Waals surface area contributed by atoms with Crippen LogP contribution >= 0.6 is 0 Å². The van der Waals surface area contributed by atoms with Crippen molar-refractivity contribution in [2.45, 2.75) is 13.0 Å². The fraction of sp³-hybridized carbons (Fsp3) is 0.429. The topological polar surface area (TPSA) is 85.2 Å². The Hall–Kier alpha value is -2.48. The van der Waals surface area contributed by atoms with Gasteiger partial charge in [0.15, 0.2) is 0 Å². The molecule has 1 amide bonds. The molecule has 0 radical (unpaired) electrons. The van der Waals surface area contributed by atoms with E-state index in [0.29, 0.717) is 5.82 Å². The van der Waals surface area contributed by atoms with Crippen LogP contribution in [-0.2, 0) is 9.53 Å². The number of hydrogen-bond acceptors (Lipinski definition) is 6. The summed E-state index contributed by atoms with van der Waals surface area (Å²) in [5.41, 5.74) is 1.03. The Kier molecular flexibility index (Phi) is 4.29. The summed E-state index contributed by atoms with van der Waals surface area (Å²) in [5.74, 6) is 0.339. The first-order chi connectivity index (χ1) is 10.7. The van der Waals surface area contributed by atoms with Crippen molar-refractivity contribution in [1.82, 2.24) is 19.7 Å². The fourth-order valence-electron chi connectivity index (χ4n) is 2.24. The van der Waals surface area contributed by atoms with Crippen LogP contribution in [-0.4, -0.2) is 52.0 Å². The van der Waals surface area contributed by atoms with Crippen LogP contribution in [0.25, 0.3) is 0 Å². The molecule has 8 heteroatoms. The summed E-state index contributed by atoms with van der Waals surface area (Å²) in [6.07, 6.45) is 4.68. The molecule has 0 spiro atoms. The van der Waals surface area contributed by atoms with Gasteiger partial charge in [0.2, 0.25) is 5.91 Å². The molecule has 116 valence electrons. The van der Waals surface area contributed by atoms with Gasteiger partial charge in [-0.1, -0.05) is 0 Å². The molecule has 0 saturated carbocycles. The molecule has 1 atom stereocenters. The number of aromatic nitrogens is 4. The van der Waals surface area contributed by atoms with Gasteiger partial charge >= 0.3 is 0 Å². The summed E-state index contributed by atoms with van der Waals surface area (Å²) in [5, 5.41) is 6.74. The maximum Gasteiger partial charge on any atom is 0.250 e. The number of ether oxygens (including phenoxy) is 1. The number of nitrogens with one attached hydrogen (secondary N) is 1. The van der Waals surface area contributed by atoms with Gasteiger partial charge in [0.05, 0.1) is 25.1 Å². The highest BCUT2D eigenvalue weighted by atomic mass is 16.5. The molecule has 0 aromatic carbocycles. The Morgan fingerprint density at radius 1 is 1.36 bits per heavy atom. The summed E-state index contributed by atoms with van der Waals surface area (Å²) in [6.45, 7) is 4.93. The van der Waals surface area contributed by atoms with Crippen LogP contribution in [0.15, 0.2) is 31.0 Å². The Morgan fingerprint density at radius 2 is 2.18 bits per heavy atom. The van der Waals surface area contributed by atoms with E-state index in [2.05, 4.69) is 25.3 Å². The lowest BCUT2D eigenvalue weighted by molar-refractivity contribution is -0.119. The first-order valence-corrected chi connectivity index (χ1v) is 7.18. The monoisotopic (exact) mass is 302 g/mol. The molecular weight excluding hydrogens is 284 g/mol. The van der Waals surface area contributed by atoms with Crippen LogP contribution in [0.4, 0.5) is 11.5 Å². The van der Waals surface area contributed by atoms with E-state index in [9.17, 15) is 4.79 Å². The van der Waals surface area contributed by atoms with Gasteiger partial charge in [0.1, 0.15) is 24.5 Å². The largest absolute Gasteiger partial charge is 0.378 e. The van der Waals surface area contributed by atoms with Crippen molar-refractivity contribution in [3.05, 3.63) is 31.0 Å². The van der Waals surface area contributed by atoms with Gasteiger partial charge < -0.3 is 15.0 Å². The predicted octanol–water partition coefficient (Wildman–Crippen LogP) is 0.709. The van der Waals surface area contributed by atoms with E-state index in [1.807, 2.05) is 6.07 Å². The third-order valence-corrected chi connectivity index (χ3v) is 3.59. The number of rotatable bonds is 4. The van der Waals surface area contributed by atoms with Crippen molar-refractivity contribution in [2.24, 2.45) is 0 Å². The van der Waals surface area contributed by atoms with Crippen molar-refractivity contribution in [1.29, 1.82) is 0 Å². The quantitative estimate of drug-likeness (QED) is 0.895. The second-order valence-electron chi connectivity index (χ2n) is 5.04. The first-order valence-electron chi connectivity index (χ1n) is 7.18. The van der Waals surface area contributed by atoms with E-state index < -0.39 is 6.04 Å². The predicted molar refractivity (Wildman–Crippen MR) is 80.6 cm³/mol. The molecular formula is C14H18N6O2. The number of morpholine rings is 1. The van der Waals surface area contributed by atoms with Crippen LogP contribution in [0.3, 0.4) is 0 Å². The number of pyridine rings is 1. The number of anilines is 2. The number of carbonyl (C=O) groups is 1. The van der Waals surface area contributed by atoms with Crippen LogP contribution in [0.2, 0.25) is 0 Å². The van der Waals surface area contributed by atoms with Gasteiger partial charge in [-0.15, -0.1) is 0 Å². The molecule has 1 N–H and O–H groups in total. The summed E-state index contributed by atoms with van der Waals surface area (Å²) in [6, 6.07) is 3.31. The van der Waals surface area contributed by atoms with Gasteiger partial charge in [0, 0.05) is 13.1 Å². The van der Waals surface area contributed by atoms with Crippen LogP contribution in [0.1, 0.15) is 13.0 Å². The molecule has 0 aliphatic carbocycles. The molecule has 0 bridgehead atoms. The summed E-state index contributed by atoms with van der Waals surface area (Å²) >= 11 is 0. The zero-order valence-electron chi connectivity index (χ0n) is 12.3. The Morgan fingerprint density at radius 3 is 2.82 bits per heavy atom. The van der Waals surface area contributed by atoms with Crippen molar-refractivity contribution in [2.75, 3.05) is 36.5 Å². The molecule has 3 heterocycles. The minimum Gasteiger partial charge on any atom is -0.378 e. The Bertz CT molecular complexity index is 607. The van der Waals surface area contributed by atoms with E-state index in [1.54, 1.807) is 19.2 Å². The van der Waals surface area contributed by atoms with Crippen molar-refractivity contribution < 1.29 is 9.53 Å². The number of hydrogen-bond donors (Lipinski definition) is 1. The van der Waals surface area contributed by atoms with Gasteiger partial charge in [-0.2, -0.15) is 5.10 Å². The minimum absolute atomic E-state index is 0.183. The van der Waals surface area contributed by atoms with E-state index in [-0.39, 0.29) is 5.91 Å². The molecule has 1 aliphatic heterocycles. The van der Waals surface area contributed by atoms with Crippen LogP contribution in [0, 0.1) is 0 Å². The zero-order valence-corrected chi connectivity index (χ0v) is 12.3. The molecule has 0 unspecified atom stereocenters. The Labute approximate surface area is 128 Å². The zero-order chi connectivity index (χ0) is 15.4. The molecule has 2 aromatic rings. The summed E-state index contributed by atoms with van der Waals surface area (Å²) in [4.78, 5) is 22.5. The molecule has 22 heavy (non-hydrogen) atoms. The second-order valence-corrected chi connectivity index (χ2v) is 5.04. The van der Waals surface area contributed by atoms with Crippen molar-refractivity contribution in [3.63, 3.8) is 0 Å². The molecule has 1 aliphatic rings.